The second kappa shape index (κ2) is 7.39. The summed E-state index contributed by atoms with van der Waals surface area (Å²) in [5, 5.41) is 10.9. The van der Waals surface area contributed by atoms with Gasteiger partial charge in [0.2, 0.25) is 0 Å². The second-order valence-electron chi connectivity index (χ2n) is 8.94. The van der Waals surface area contributed by atoms with Gasteiger partial charge in [-0.2, -0.15) is 0 Å². The van der Waals surface area contributed by atoms with Crippen molar-refractivity contribution in [3.05, 3.63) is 59.3 Å². The van der Waals surface area contributed by atoms with Crippen LogP contribution in [0.5, 0.6) is 0 Å². The van der Waals surface area contributed by atoms with E-state index in [-0.39, 0.29) is 17.3 Å². The zero-order valence-electron chi connectivity index (χ0n) is 16.5. The monoisotopic (exact) mass is 364 g/mol. The van der Waals surface area contributed by atoms with Crippen LogP contribution in [0.3, 0.4) is 0 Å². The Kier molecular flexibility index (Phi) is 5.11. The van der Waals surface area contributed by atoms with Gasteiger partial charge in [-0.15, -0.1) is 0 Å². The molecule has 2 saturated carbocycles. The summed E-state index contributed by atoms with van der Waals surface area (Å²) in [6.45, 7) is 6.02. The number of aliphatic hydroxyl groups excluding tert-OH is 1. The first-order valence-corrected chi connectivity index (χ1v) is 10.7. The van der Waals surface area contributed by atoms with E-state index < -0.39 is 0 Å². The van der Waals surface area contributed by atoms with E-state index in [9.17, 15) is 9.90 Å². The summed E-state index contributed by atoms with van der Waals surface area (Å²) < 4.78 is 0. The van der Waals surface area contributed by atoms with Gasteiger partial charge in [0.05, 0.1) is 6.10 Å². The summed E-state index contributed by atoms with van der Waals surface area (Å²) in [5.41, 5.74) is 5.74. The van der Waals surface area contributed by atoms with Crippen LogP contribution in [0.2, 0.25) is 0 Å². The highest BCUT2D eigenvalue weighted by atomic mass is 16.3. The summed E-state index contributed by atoms with van der Waals surface area (Å²) in [5.74, 6) is 1.19. The van der Waals surface area contributed by atoms with Crippen LogP contribution in [-0.2, 0) is 4.79 Å². The fourth-order valence-corrected chi connectivity index (χ4v) is 6.35. The smallest absolute Gasteiger partial charge is 0.156 e. The van der Waals surface area contributed by atoms with Crippen molar-refractivity contribution < 1.29 is 9.90 Å². The highest BCUT2D eigenvalue weighted by molar-refractivity contribution is 5.93. The van der Waals surface area contributed by atoms with Gasteiger partial charge < -0.3 is 5.11 Å². The van der Waals surface area contributed by atoms with Gasteiger partial charge in [0.1, 0.15) is 0 Å². The zero-order chi connectivity index (χ0) is 19.0. The van der Waals surface area contributed by atoms with Gasteiger partial charge in [-0.3, -0.25) is 4.79 Å². The molecule has 2 fully saturated rings. The van der Waals surface area contributed by atoms with Crippen molar-refractivity contribution in [1.29, 1.82) is 0 Å². The predicted molar refractivity (Wildman–Crippen MR) is 110 cm³/mol. The van der Waals surface area contributed by atoms with Gasteiger partial charge in [0, 0.05) is 12.3 Å². The van der Waals surface area contributed by atoms with Crippen molar-refractivity contribution in [2.75, 3.05) is 0 Å². The molecule has 0 heterocycles. The second-order valence-corrected chi connectivity index (χ2v) is 8.94. The topological polar surface area (TPSA) is 37.3 Å². The van der Waals surface area contributed by atoms with Crippen molar-refractivity contribution in [3.8, 4) is 0 Å². The van der Waals surface area contributed by atoms with Gasteiger partial charge in [-0.05, 0) is 86.0 Å². The van der Waals surface area contributed by atoms with E-state index in [1.165, 1.54) is 16.7 Å². The van der Waals surface area contributed by atoms with Crippen molar-refractivity contribution in [2.45, 2.75) is 70.8 Å². The molecule has 0 saturated heterocycles. The third kappa shape index (κ3) is 3.23. The van der Waals surface area contributed by atoms with Gasteiger partial charge in [-0.1, -0.05) is 42.9 Å². The number of carbonyl (C=O) groups is 1. The normalized spacial score (nSPS) is 36.8. The summed E-state index contributed by atoms with van der Waals surface area (Å²) >= 11 is 0. The molecule has 0 aromatic heterocycles. The van der Waals surface area contributed by atoms with Gasteiger partial charge >= 0.3 is 0 Å². The minimum Gasteiger partial charge on any atom is -0.393 e. The van der Waals surface area contributed by atoms with Crippen LogP contribution < -0.4 is 0 Å². The van der Waals surface area contributed by atoms with Crippen molar-refractivity contribution in [2.24, 2.45) is 17.3 Å². The number of carbonyl (C=O) groups excluding carboxylic acids is 1. The van der Waals surface area contributed by atoms with Gasteiger partial charge in [-0.25, -0.2) is 0 Å². The molecule has 2 nitrogen and oxygen atoms in total. The molecule has 0 radical (unpaired) electrons. The molecule has 4 rings (SSSR count). The highest BCUT2D eigenvalue weighted by Crippen LogP contribution is 2.59. The number of hydrogen-bond acceptors (Lipinski definition) is 2. The summed E-state index contributed by atoms with van der Waals surface area (Å²) in [6.07, 6.45) is 19.3. The number of rotatable bonds is 3. The van der Waals surface area contributed by atoms with E-state index in [0.717, 1.165) is 51.4 Å². The number of ketones is 1. The lowest BCUT2D eigenvalue weighted by atomic mass is 9.55. The lowest BCUT2D eigenvalue weighted by molar-refractivity contribution is -0.114. The number of aliphatic hydroxyl groups is 1. The van der Waals surface area contributed by atoms with Crippen LogP contribution >= 0.6 is 0 Å². The lowest BCUT2D eigenvalue weighted by Crippen LogP contribution is -2.42. The van der Waals surface area contributed by atoms with Crippen molar-refractivity contribution in [3.63, 3.8) is 0 Å². The zero-order valence-corrected chi connectivity index (χ0v) is 16.5. The third-order valence-electron chi connectivity index (χ3n) is 7.46. The molecule has 144 valence electrons. The fourth-order valence-electron chi connectivity index (χ4n) is 6.35. The molecule has 1 N–H and O–H groups in total. The molecule has 0 bridgehead atoms. The Morgan fingerprint density at radius 3 is 2.81 bits per heavy atom. The van der Waals surface area contributed by atoms with Gasteiger partial charge in [0.15, 0.2) is 5.78 Å². The molecule has 4 aliphatic carbocycles. The van der Waals surface area contributed by atoms with E-state index in [4.69, 9.17) is 0 Å². The van der Waals surface area contributed by atoms with E-state index in [2.05, 4.69) is 31.7 Å². The van der Waals surface area contributed by atoms with Crippen LogP contribution in [0.1, 0.15) is 64.7 Å². The Morgan fingerprint density at radius 1 is 1.26 bits per heavy atom. The maximum atomic E-state index is 12.0. The Balaban J connectivity index is 1.84. The molecule has 0 aromatic carbocycles. The average molecular weight is 365 g/mol. The third-order valence-corrected chi connectivity index (χ3v) is 7.46. The molecule has 0 aliphatic heterocycles. The first-order valence-electron chi connectivity index (χ1n) is 10.7. The molecule has 2 unspecified atom stereocenters. The average Bonchev–Trinajstić information content (AvgIpc) is 3.00. The summed E-state index contributed by atoms with van der Waals surface area (Å²) in [7, 11) is 0. The minimum absolute atomic E-state index is 0.0763. The molecule has 27 heavy (non-hydrogen) atoms. The van der Waals surface area contributed by atoms with E-state index in [1.807, 2.05) is 12.2 Å². The number of hydrogen-bond donors (Lipinski definition) is 1. The van der Waals surface area contributed by atoms with Crippen LogP contribution in [0.25, 0.3) is 0 Å². The predicted octanol–water partition coefficient (Wildman–Crippen LogP) is 5.61. The summed E-state index contributed by atoms with van der Waals surface area (Å²) in [6, 6.07) is 0. The van der Waals surface area contributed by atoms with E-state index in [0.29, 0.717) is 18.3 Å². The molecule has 0 amide bonds. The Hall–Kier alpha value is -1.67. The van der Waals surface area contributed by atoms with Crippen LogP contribution in [0, 0.1) is 17.3 Å². The molecule has 0 aromatic rings. The molecule has 2 heteroatoms. The summed E-state index contributed by atoms with van der Waals surface area (Å²) in [4.78, 5) is 12.0. The quantitative estimate of drug-likeness (QED) is 0.661. The van der Waals surface area contributed by atoms with Crippen LogP contribution in [0.4, 0.5) is 0 Å². The van der Waals surface area contributed by atoms with E-state index >= 15 is 0 Å². The largest absolute Gasteiger partial charge is 0.393 e. The van der Waals surface area contributed by atoms with E-state index in [1.54, 1.807) is 5.57 Å². The molecular formula is C25H32O2. The van der Waals surface area contributed by atoms with Gasteiger partial charge in [0.25, 0.3) is 0 Å². The SMILES string of the molecule is C=C/C=C(\C=C/C)[C@H]1C[C@]2(CCCC2O)CC2CCC3=CC(=O)CCC3=C21. The first kappa shape index (κ1) is 18.7. The number of fused-ring (bicyclic) bond motifs is 2. The molecule has 4 atom stereocenters. The maximum Gasteiger partial charge on any atom is 0.156 e. The molecule has 1 spiro atoms. The Morgan fingerprint density at radius 2 is 2.11 bits per heavy atom. The lowest BCUT2D eigenvalue weighted by Gasteiger charge is -2.49. The first-order chi connectivity index (χ1) is 13.1. The Bertz CT molecular complexity index is 763. The maximum absolute atomic E-state index is 12.0. The van der Waals surface area contributed by atoms with Crippen LogP contribution in [0.15, 0.2) is 59.3 Å². The molecular weight excluding hydrogens is 332 g/mol. The standard InChI is InChI=1S/C25H32O2/c1-3-6-17(7-4-2)22-16-25(13-5-8-23(25)27)15-19-10-9-18-14-20(26)11-12-21(18)24(19)22/h3-4,6-7,14,19,22-23,27H,1,5,8-13,15-16H2,2H3/b7-4-,17-6+/t19?,22-,23?,25+/m1/s1. The fraction of sp³-hybridized carbons (Fsp3) is 0.560. The minimum atomic E-state index is -0.160. The van der Waals surface area contributed by atoms with Crippen LogP contribution in [-0.4, -0.2) is 17.0 Å². The van der Waals surface area contributed by atoms with Crippen molar-refractivity contribution in [1.82, 2.24) is 0 Å². The molecule has 4 aliphatic rings. The Labute approximate surface area is 163 Å². The van der Waals surface area contributed by atoms with Crippen molar-refractivity contribution >= 4 is 5.78 Å². The number of allylic oxidation sites excluding steroid dienone is 9. The highest BCUT2D eigenvalue weighted by Gasteiger charge is 2.51.